The Balaban J connectivity index is 1.94. The van der Waals surface area contributed by atoms with E-state index in [1.807, 2.05) is 36.4 Å². The van der Waals surface area contributed by atoms with E-state index in [1.165, 1.54) is 12.5 Å². The second-order valence-electron chi connectivity index (χ2n) is 6.08. The van der Waals surface area contributed by atoms with Gasteiger partial charge < -0.3 is 9.88 Å². The number of rotatable bonds is 4. The first kappa shape index (κ1) is 15.3. The number of anilines is 1. The number of amides is 1. The number of nitrogens with one attached hydrogen (secondary N) is 1. The molecule has 3 rings (SSSR count). The molecule has 0 unspecified atom stereocenters. The van der Waals surface area contributed by atoms with Crippen molar-refractivity contribution in [2.24, 2.45) is 0 Å². The molecule has 1 amide bonds. The predicted molar refractivity (Wildman–Crippen MR) is 93.7 cm³/mol. The minimum Gasteiger partial charge on any atom is -0.326 e. The van der Waals surface area contributed by atoms with Gasteiger partial charge in [-0.05, 0) is 29.8 Å². The Bertz CT molecular complexity index is 831. The molecule has 0 aliphatic carbocycles. The standard InChI is InChI=1S/C19H21N3O/c1-13(2)19-21-17-6-4-5-7-18(17)22(19)12-15-8-10-16(11-9-15)20-14(3)23/h4-11,13H,12H2,1-3H3,(H,20,23). The number of para-hydroxylation sites is 2. The van der Waals surface area contributed by atoms with Crippen LogP contribution in [0, 0.1) is 0 Å². The molecule has 0 radical (unpaired) electrons. The average molecular weight is 307 g/mol. The molecule has 0 aliphatic heterocycles. The van der Waals surface area contributed by atoms with Crippen molar-refractivity contribution in [3.63, 3.8) is 0 Å². The molecular weight excluding hydrogens is 286 g/mol. The average Bonchev–Trinajstić information content (AvgIpc) is 2.88. The molecule has 1 heterocycles. The highest BCUT2D eigenvalue weighted by Gasteiger charge is 2.13. The van der Waals surface area contributed by atoms with Crippen LogP contribution in [0.25, 0.3) is 11.0 Å². The van der Waals surface area contributed by atoms with E-state index in [9.17, 15) is 4.79 Å². The molecule has 4 nitrogen and oxygen atoms in total. The second kappa shape index (κ2) is 6.24. The van der Waals surface area contributed by atoms with E-state index >= 15 is 0 Å². The Hall–Kier alpha value is -2.62. The third-order valence-corrected chi connectivity index (χ3v) is 3.82. The Morgan fingerprint density at radius 2 is 1.83 bits per heavy atom. The SMILES string of the molecule is CC(=O)Nc1ccc(Cn2c(C(C)C)nc3ccccc32)cc1. The summed E-state index contributed by atoms with van der Waals surface area (Å²) in [5, 5.41) is 2.79. The van der Waals surface area contributed by atoms with Gasteiger partial charge in [0.05, 0.1) is 11.0 Å². The van der Waals surface area contributed by atoms with Crippen molar-refractivity contribution < 1.29 is 4.79 Å². The monoisotopic (exact) mass is 307 g/mol. The highest BCUT2D eigenvalue weighted by molar-refractivity contribution is 5.88. The molecule has 0 saturated heterocycles. The van der Waals surface area contributed by atoms with E-state index in [2.05, 4.69) is 35.9 Å². The molecule has 1 aromatic heterocycles. The molecular formula is C19H21N3O. The lowest BCUT2D eigenvalue weighted by atomic mass is 10.1. The molecule has 118 valence electrons. The van der Waals surface area contributed by atoms with Gasteiger partial charge in [-0.15, -0.1) is 0 Å². The minimum absolute atomic E-state index is 0.0551. The highest BCUT2D eigenvalue weighted by atomic mass is 16.1. The Morgan fingerprint density at radius 1 is 1.13 bits per heavy atom. The smallest absolute Gasteiger partial charge is 0.221 e. The van der Waals surface area contributed by atoms with E-state index in [0.717, 1.165) is 29.1 Å². The van der Waals surface area contributed by atoms with Crippen LogP contribution in [0.4, 0.5) is 5.69 Å². The first-order valence-electron chi connectivity index (χ1n) is 7.86. The van der Waals surface area contributed by atoms with Crippen molar-refractivity contribution in [3.8, 4) is 0 Å². The molecule has 0 bridgehead atoms. The molecule has 2 aromatic carbocycles. The van der Waals surface area contributed by atoms with E-state index in [0.29, 0.717) is 5.92 Å². The summed E-state index contributed by atoms with van der Waals surface area (Å²) in [6.07, 6.45) is 0. The summed E-state index contributed by atoms with van der Waals surface area (Å²) < 4.78 is 2.27. The second-order valence-corrected chi connectivity index (χ2v) is 6.08. The normalized spacial score (nSPS) is 11.1. The lowest BCUT2D eigenvalue weighted by Crippen LogP contribution is -2.08. The first-order valence-corrected chi connectivity index (χ1v) is 7.86. The fourth-order valence-electron chi connectivity index (χ4n) is 2.78. The van der Waals surface area contributed by atoms with Crippen LogP contribution in [0.3, 0.4) is 0 Å². The van der Waals surface area contributed by atoms with E-state index < -0.39 is 0 Å². The third kappa shape index (κ3) is 3.26. The van der Waals surface area contributed by atoms with Gasteiger partial charge in [-0.3, -0.25) is 4.79 Å². The number of hydrogen-bond donors (Lipinski definition) is 1. The van der Waals surface area contributed by atoms with Crippen molar-refractivity contribution >= 4 is 22.6 Å². The molecule has 4 heteroatoms. The summed E-state index contributed by atoms with van der Waals surface area (Å²) in [6, 6.07) is 16.2. The number of hydrogen-bond acceptors (Lipinski definition) is 2. The van der Waals surface area contributed by atoms with Crippen molar-refractivity contribution in [3.05, 3.63) is 59.9 Å². The van der Waals surface area contributed by atoms with Crippen molar-refractivity contribution in [1.82, 2.24) is 9.55 Å². The van der Waals surface area contributed by atoms with Crippen LogP contribution in [0.15, 0.2) is 48.5 Å². The van der Waals surface area contributed by atoms with E-state index in [1.54, 1.807) is 0 Å². The van der Waals surface area contributed by atoms with Gasteiger partial charge in [0.25, 0.3) is 0 Å². The number of carbonyl (C=O) groups is 1. The maximum Gasteiger partial charge on any atom is 0.221 e. The number of fused-ring (bicyclic) bond motifs is 1. The number of nitrogens with zero attached hydrogens (tertiary/aromatic N) is 2. The largest absolute Gasteiger partial charge is 0.326 e. The van der Waals surface area contributed by atoms with Crippen molar-refractivity contribution in [2.45, 2.75) is 33.2 Å². The van der Waals surface area contributed by atoms with Gasteiger partial charge >= 0.3 is 0 Å². The van der Waals surface area contributed by atoms with Crippen LogP contribution in [-0.4, -0.2) is 15.5 Å². The molecule has 3 aromatic rings. The van der Waals surface area contributed by atoms with E-state index in [-0.39, 0.29) is 5.91 Å². The highest BCUT2D eigenvalue weighted by Crippen LogP contribution is 2.23. The number of aromatic nitrogens is 2. The van der Waals surface area contributed by atoms with Crippen LogP contribution in [0.5, 0.6) is 0 Å². The maximum atomic E-state index is 11.1. The van der Waals surface area contributed by atoms with Crippen LogP contribution in [0.2, 0.25) is 0 Å². The Morgan fingerprint density at radius 3 is 2.48 bits per heavy atom. The van der Waals surface area contributed by atoms with Gasteiger partial charge in [-0.25, -0.2) is 4.98 Å². The van der Waals surface area contributed by atoms with Gasteiger partial charge in [-0.1, -0.05) is 38.1 Å². The van der Waals surface area contributed by atoms with Crippen LogP contribution >= 0.6 is 0 Å². The van der Waals surface area contributed by atoms with Gasteiger partial charge in [0.2, 0.25) is 5.91 Å². The van der Waals surface area contributed by atoms with Gasteiger partial charge in [0.1, 0.15) is 5.82 Å². The molecule has 0 atom stereocenters. The van der Waals surface area contributed by atoms with Crippen LogP contribution < -0.4 is 5.32 Å². The van der Waals surface area contributed by atoms with Crippen LogP contribution in [-0.2, 0) is 11.3 Å². The van der Waals surface area contributed by atoms with E-state index in [4.69, 9.17) is 4.98 Å². The van der Waals surface area contributed by atoms with Crippen LogP contribution in [0.1, 0.15) is 38.1 Å². The molecule has 23 heavy (non-hydrogen) atoms. The number of carbonyl (C=O) groups excluding carboxylic acids is 1. The van der Waals surface area contributed by atoms with Crippen molar-refractivity contribution in [2.75, 3.05) is 5.32 Å². The summed E-state index contributed by atoms with van der Waals surface area (Å²) in [5.41, 5.74) is 4.19. The molecule has 0 fully saturated rings. The summed E-state index contributed by atoms with van der Waals surface area (Å²) in [6.45, 7) is 6.62. The van der Waals surface area contributed by atoms with Gasteiger partial charge in [0, 0.05) is 25.1 Å². The predicted octanol–water partition coefficient (Wildman–Crippen LogP) is 4.17. The quantitative estimate of drug-likeness (QED) is 0.786. The fraction of sp³-hybridized carbons (Fsp3) is 0.263. The lowest BCUT2D eigenvalue weighted by Gasteiger charge is -2.12. The summed E-state index contributed by atoms with van der Waals surface area (Å²) in [7, 11) is 0. The lowest BCUT2D eigenvalue weighted by molar-refractivity contribution is -0.114. The Labute approximate surface area is 136 Å². The minimum atomic E-state index is -0.0551. The Kier molecular flexibility index (Phi) is 4.15. The number of imidazole rings is 1. The zero-order valence-electron chi connectivity index (χ0n) is 13.7. The zero-order valence-corrected chi connectivity index (χ0v) is 13.7. The van der Waals surface area contributed by atoms with Crippen molar-refractivity contribution in [1.29, 1.82) is 0 Å². The summed E-state index contributed by atoms with van der Waals surface area (Å²) in [5.74, 6) is 1.40. The topological polar surface area (TPSA) is 46.9 Å². The summed E-state index contributed by atoms with van der Waals surface area (Å²) in [4.78, 5) is 15.9. The van der Waals surface area contributed by atoms with Gasteiger partial charge in [0.15, 0.2) is 0 Å². The third-order valence-electron chi connectivity index (χ3n) is 3.82. The maximum absolute atomic E-state index is 11.1. The first-order chi connectivity index (χ1) is 11.0. The fourth-order valence-corrected chi connectivity index (χ4v) is 2.78. The molecule has 0 spiro atoms. The van der Waals surface area contributed by atoms with Gasteiger partial charge in [-0.2, -0.15) is 0 Å². The molecule has 1 N–H and O–H groups in total. The zero-order chi connectivity index (χ0) is 16.4. The molecule has 0 saturated carbocycles. The summed E-state index contributed by atoms with van der Waals surface area (Å²) >= 11 is 0. The number of benzene rings is 2. The molecule has 0 aliphatic rings.